The minimum absolute atomic E-state index is 0.0918. The number of aliphatic hydroxyl groups is 2. The zero-order valence-corrected chi connectivity index (χ0v) is 19.7. The highest BCUT2D eigenvalue weighted by atomic mass is 16.5. The Morgan fingerprint density at radius 2 is 1.91 bits per heavy atom. The van der Waals surface area contributed by atoms with E-state index < -0.39 is 35.4 Å². The number of carbonyl (C=O) groups excluding carboxylic acids is 1. The van der Waals surface area contributed by atoms with E-state index in [1.807, 2.05) is 0 Å². The van der Waals surface area contributed by atoms with Crippen LogP contribution in [0.15, 0.2) is 5.16 Å². The fraction of sp³-hybridized carbons (Fsp3) is 0.917. The van der Waals surface area contributed by atoms with Crippen molar-refractivity contribution in [2.75, 3.05) is 7.11 Å². The molecule has 5 aliphatic rings. The van der Waals surface area contributed by atoms with Crippen molar-refractivity contribution in [3.05, 3.63) is 0 Å². The van der Waals surface area contributed by atoms with Gasteiger partial charge in [-0.05, 0) is 37.5 Å². The second kappa shape index (κ2) is 7.14. The fourth-order valence-electron chi connectivity index (χ4n) is 8.60. The Kier molecular flexibility index (Phi) is 5.03. The normalized spacial score (nSPS) is 55.4. The third kappa shape index (κ3) is 2.64. The summed E-state index contributed by atoms with van der Waals surface area (Å²) in [6.07, 6.45) is 1.28. The van der Waals surface area contributed by atoms with Crippen LogP contribution in [-0.4, -0.2) is 64.3 Å². The zero-order valence-electron chi connectivity index (χ0n) is 19.7. The highest BCUT2D eigenvalue weighted by Gasteiger charge is 2.72. The molecule has 11 unspecified atom stereocenters. The highest BCUT2D eigenvalue weighted by Crippen LogP contribution is 2.68. The molecule has 0 aromatic rings. The van der Waals surface area contributed by atoms with E-state index in [4.69, 9.17) is 9.47 Å². The van der Waals surface area contributed by atoms with Crippen LogP contribution in [0.4, 0.5) is 0 Å². The number of aliphatic hydroxyl groups excluding tert-OH is 2. The van der Waals surface area contributed by atoms with E-state index >= 15 is 0 Å². The van der Waals surface area contributed by atoms with Crippen molar-refractivity contribution in [2.24, 2.45) is 45.6 Å². The first-order valence-corrected chi connectivity index (χ1v) is 12.1. The lowest BCUT2D eigenvalue weighted by Gasteiger charge is -2.70. The largest absolute Gasteiger partial charge is 0.411 e. The van der Waals surface area contributed by atoms with Crippen molar-refractivity contribution >= 4 is 11.6 Å². The molecule has 5 fully saturated rings. The topological polar surface area (TPSA) is 121 Å². The SMILES string of the molecule is COC1CC23OC4C(CC2(C)C(C)CCC3C(C)(C)C1=NO)C(O)CC1C(=O)NC(O)C14. The summed E-state index contributed by atoms with van der Waals surface area (Å²) in [7, 11) is 1.64. The van der Waals surface area contributed by atoms with Crippen LogP contribution >= 0.6 is 0 Å². The fourth-order valence-corrected chi connectivity index (χ4v) is 8.60. The summed E-state index contributed by atoms with van der Waals surface area (Å²) in [5.74, 6) is -0.674. The quantitative estimate of drug-likeness (QED) is 0.358. The van der Waals surface area contributed by atoms with Gasteiger partial charge >= 0.3 is 0 Å². The van der Waals surface area contributed by atoms with Crippen molar-refractivity contribution in [2.45, 2.75) is 89.9 Å². The van der Waals surface area contributed by atoms with E-state index in [2.05, 4.69) is 38.2 Å². The molecular weight excluding hydrogens is 412 g/mol. The number of carbonyl (C=O) groups is 1. The molecule has 0 aromatic carbocycles. The van der Waals surface area contributed by atoms with Gasteiger partial charge in [0.15, 0.2) is 0 Å². The maximum Gasteiger partial charge on any atom is 0.225 e. The number of fused-ring (bicyclic) bond motifs is 3. The summed E-state index contributed by atoms with van der Waals surface area (Å²) >= 11 is 0. The van der Waals surface area contributed by atoms with Crippen molar-refractivity contribution in [3.8, 4) is 0 Å². The second-order valence-electron chi connectivity index (χ2n) is 11.9. The maximum absolute atomic E-state index is 12.5. The van der Waals surface area contributed by atoms with Gasteiger partial charge in [-0.15, -0.1) is 0 Å². The average molecular weight is 451 g/mol. The van der Waals surface area contributed by atoms with Gasteiger partial charge < -0.3 is 30.2 Å². The Hall–Kier alpha value is -1.22. The molecule has 180 valence electrons. The smallest absolute Gasteiger partial charge is 0.225 e. The molecule has 8 nitrogen and oxygen atoms in total. The van der Waals surface area contributed by atoms with E-state index in [9.17, 15) is 20.2 Å². The number of oxime groups is 1. The lowest BCUT2D eigenvalue weighted by atomic mass is 9.42. The summed E-state index contributed by atoms with van der Waals surface area (Å²) in [5.41, 5.74) is -0.591. The Labute approximate surface area is 189 Å². The van der Waals surface area contributed by atoms with Crippen LogP contribution in [0.5, 0.6) is 0 Å². The first kappa shape index (κ1) is 22.6. The maximum atomic E-state index is 12.5. The molecule has 8 heteroatoms. The molecule has 2 heterocycles. The van der Waals surface area contributed by atoms with Crippen LogP contribution in [0.3, 0.4) is 0 Å². The lowest BCUT2D eigenvalue weighted by Crippen LogP contribution is -2.74. The summed E-state index contributed by atoms with van der Waals surface area (Å²) in [5, 5.41) is 38.1. The minimum atomic E-state index is -0.961. The predicted molar refractivity (Wildman–Crippen MR) is 116 cm³/mol. The Balaban J connectivity index is 1.64. The molecule has 3 aliphatic carbocycles. The van der Waals surface area contributed by atoms with E-state index in [0.29, 0.717) is 24.5 Å². The molecular formula is C24H38N2O6. The zero-order chi connectivity index (χ0) is 23.2. The van der Waals surface area contributed by atoms with Gasteiger partial charge in [0.2, 0.25) is 5.91 Å². The molecule has 2 aliphatic heterocycles. The summed E-state index contributed by atoms with van der Waals surface area (Å²) in [6.45, 7) is 8.79. The standard InChI is InChI=1S/C24H38N2O6/c1-11-6-7-16-22(2,3)19(26-30)15(31-5)10-24(16)23(11,4)9-13-14(27)8-12-17(18(13)32-24)21(29)25-20(12)28/h11-18,21,27,29-30H,6-10H2,1-5H3,(H,25,28). The molecule has 4 N–H and O–H groups in total. The molecule has 0 bridgehead atoms. The van der Waals surface area contributed by atoms with E-state index in [1.54, 1.807) is 7.11 Å². The van der Waals surface area contributed by atoms with Gasteiger partial charge in [0.05, 0.1) is 29.4 Å². The first-order chi connectivity index (χ1) is 15.0. The van der Waals surface area contributed by atoms with Crippen LogP contribution < -0.4 is 5.32 Å². The van der Waals surface area contributed by atoms with E-state index in [-0.39, 0.29) is 35.2 Å². The van der Waals surface area contributed by atoms with Crippen LogP contribution in [0.1, 0.15) is 59.8 Å². The Morgan fingerprint density at radius 1 is 1.19 bits per heavy atom. The van der Waals surface area contributed by atoms with Crippen LogP contribution in [0, 0.1) is 40.4 Å². The Morgan fingerprint density at radius 3 is 2.56 bits per heavy atom. The van der Waals surface area contributed by atoms with Crippen molar-refractivity contribution < 1.29 is 29.7 Å². The third-order valence-corrected chi connectivity index (χ3v) is 10.5. The molecule has 32 heavy (non-hydrogen) atoms. The number of amides is 1. The molecule has 1 spiro atoms. The minimum Gasteiger partial charge on any atom is -0.411 e. The van der Waals surface area contributed by atoms with Gasteiger partial charge in [-0.3, -0.25) is 4.79 Å². The second-order valence-corrected chi connectivity index (χ2v) is 11.9. The van der Waals surface area contributed by atoms with Gasteiger partial charge in [-0.1, -0.05) is 32.9 Å². The molecule has 0 radical (unpaired) electrons. The first-order valence-electron chi connectivity index (χ1n) is 12.1. The molecule has 5 rings (SSSR count). The summed E-state index contributed by atoms with van der Waals surface area (Å²) < 4.78 is 13.0. The number of hydrogen-bond acceptors (Lipinski definition) is 7. The third-order valence-electron chi connectivity index (χ3n) is 10.5. The molecule has 2 saturated heterocycles. The van der Waals surface area contributed by atoms with E-state index in [0.717, 1.165) is 19.3 Å². The number of nitrogens with zero attached hydrogens (tertiary/aromatic N) is 1. The number of rotatable bonds is 1. The average Bonchev–Trinajstić information content (AvgIpc) is 3.00. The van der Waals surface area contributed by atoms with Gasteiger partial charge in [-0.25, -0.2) is 0 Å². The van der Waals surface area contributed by atoms with Crippen molar-refractivity contribution in [1.29, 1.82) is 0 Å². The van der Waals surface area contributed by atoms with Gasteiger partial charge in [0, 0.05) is 36.2 Å². The number of nitrogens with one attached hydrogen (secondary N) is 1. The lowest BCUT2D eigenvalue weighted by molar-refractivity contribution is -0.329. The van der Waals surface area contributed by atoms with Gasteiger partial charge in [-0.2, -0.15) is 0 Å². The molecule has 3 saturated carbocycles. The van der Waals surface area contributed by atoms with Crippen molar-refractivity contribution in [1.82, 2.24) is 5.32 Å². The monoisotopic (exact) mass is 450 g/mol. The molecule has 11 atom stereocenters. The van der Waals surface area contributed by atoms with Crippen LogP contribution in [0.2, 0.25) is 0 Å². The Bertz CT molecular complexity index is 831. The number of methoxy groups -OCH3 is 1. The number of ether oxygens (including phenoxy) is 2. The highest BCUT2D eigenvalue weighted by molar-refractivity contribution is 5.94. The van der Waals surface area contributed by atoms with E-state index in [1.165, 1.54) is 0 Å². The molecule has 0 aromatic heterocycles. The predicted octanol–water partition coefficient (Wildman–Crippen LogP) is 1.90. The summed E-state index contributed by atoms with van der Waals surface area (Å²) in [6, 6.07) is 0. The van der Waals surface area contributed by atoms with Gasteiger partial charge in [0.1, 0.15) is 12.3 Å². The number of hydrogen-bond donors (Lipinski definition) is 4. The van der Waals surface area contributed by atoms with Crippen LogP contribution in [0.25, 0.3) is 0 Å². The van der Waals surface area contributed by atoms with Crippen LogP contribution in [-0.2, 0) is 14.3 Å². The van der Waals surface area contributed by atoms with Gasteiger partial charge in [0.25, 0.3) is 0 Å². The molecule has 1 amide bonds. The van der Waals surface area contributed by atoms with Crippen molar-refractivity contribution in [3.63, 3.8) is 0 Å². The summed E-state index contributed by atoms with van der Waals surface area (Å²) in [4.78, 5) is 12.5.